The Hall–Kier alpha value is -2.68. The summed E-state index contributed by atoms with van der Waals surface area (Å²) < 4.78 is 20.9. The molecule has 0 amide bonds. The predicted octanol–water partition coefficient (Wildman–Crippen LogP) is 2.62. The van der Waals surface area contributed by atoms with Gasteiger partial charge in [-0.25, -0.2) is 0 Å². The second-order valence-electron chi connectivity index (χ2n) is 4.54. The fraction of sp³-hybridized carbons (Fsp3) is 0.294. The normalized spacial score (nSPS) is 9.82. The Morgan fingerprint density at radius 2 is 1.55 bits per heavy atom. The fourth-order valence-corrected chi connectivity index (χ4v) is 3.65. The summed E-state index contributed by atoms with van der Waals surface area (Å²) in [6.45, 7) is 4.02. The van der Waals surface area contributed by atoms with Gasteiger partial charge in [-0.2, -0.15) is 0 Å². The first-order valence-corrected chi connectivity index (χ1v) is 8.50. The van der Waals surface area contributed by atoms with Crippen LogP contribution in [0.2, 0.25) is 6.04 Å². The van der Waals surface area contributed by atoms with E-state index in [1.165, 1.54) is 0 Å². The molecule has 22 heavy (non-hydrogen) atoms. The second kappa shape index (κ2) is 7.93. The summed E-state index contributed by atoms with van der Waals surface area (Å²) >= 11 is 0. The number of hydrogen-bond acceptors (Lipinski definition) is 4. The Balaban J connectivity index is 3.04. The van der Waals surface area contributed by atoms with Gasteiger partial charge in [0.05, 0.1) is 31.5 Å². The van der Waals surface area contributed by atoms with Crippen molar-refractivity contribution < 1.29 is 18.0 Å². The lowest BCUT2D eigenvalue weighted by atomic mass is 10.0. The van der Waals surface area contributed by atoms with E-state index in [0.717, 1.165) is 22.4 Å². The number of aryl methyl sites for hydroxylation is 2. The molecule has 0 saturated heterocycles. The summed E-state index contributed by atoms with van der Waals surface area (Å²) in [4.78, 5) is 0. The third kappa shape index (κ3) is 3.91. The van der Waals surface area contributed by atoms with Crippen LogP contribution in [0.1, 0.15) is 16.7 Å². The molecule has 0 saturated carbocycles. The number of hydrogen-bond donors (Lipinski definition) is 0. The number of methoxy groups -OCH3 is 1. The molecule has 0 spiro atoms. The first kappa shape index (κ1) is 17.4. The van der Waals surface area contributed by atoms with E-state index < -0.39 is 8.80 Å². The summed E-state index contributed by atoms with van der Waals surface area (Å²) in [5.41, 5.74) is 3.19. The van der Waals surface area contributed by atoms with Crippen molar-refractivity contribution in [3.05, 3.63) is 28.8 Å². The molecule has 4 nitrogen and oxygen atoms in total. The van der Waals surface area contributed by atoms with Crippen LogP contribution in [0.4, 0.5) is 0 Å². The maximum absolute atomic E-state index is 5.47. The van der Waals surface area contributed by atoms with Crippen LogP contribution in [0.25, 0.3) is 0 Å². The van der Waals surface area contributed by atoms with Crippen molar-refractivity contribution in [1.82, 2.24) is 0 Å². The molecule has 0 atom stereocenters. The minimum atomic E-state index is -3.31. The SMILES string of the molecule is C#CO[Si](CCc1ccc(C)c(C)c1OC)(OC#C)OC#C. The van der Waals surface area contributed by atoms with Crippen molar-refractivity contribution in [2.45, 2.75) is 26.3 Å². The molecule has 0 fully saturated rings. The molecular weight excluding hydrogens is 296 g/mol. The van der Waals surface area contributed by atoms with Crippen LogP contribution in [-0.2, 0) is 19.7 Å². The average Bonchev–Trinajstić information content (AvgIpc) is 2.49. The van der Waals surface area contributed by atoms with E-state index in [2.05, 4.69) is 18.3 Å². The molecule has 1 aromatic rings. The molecular formula is C17H18O4Si. The van der Waals surface area contributed by atoms with Gasteiger partial charge in [0.25, 0.3) is 0 Å². The highest BCUT2D eigenvalue weighted by atomic mass is 28.4. The highest BCUT2D eigenvalue weighted by Crippen LogP contribution is 2.29. The van der Waals surface area contributed by atoms with Gasteiger partial charge >= 0.3 is 8.80 Å². The fourth-order valence-electron chi connectivity index (χ4n) is 2.10. The quantitative estimate of drug-likeness (QED) is 0.573. The first-order chi connectivity index (χ1) is 10.5. The molecule has 0 bridgehead atoms. The van der Waals surface area contributed by atoms with E-state index in [0.29, 0.717) is 12.5 Å². The van der Waals surface area contributed by atoms with Crippen LogP contribution >= 0.6 is 0 Å². The predicted molar refractivity (Wildman–Crippen MR) is 86.5 cm³/mol. The van der Waals surface area contributed by atoms with Crippen molar-refractivity contribution >= 4 is 8.80 Å². The Morgan fingerprint density at radius 3 is 2.00 bits per heavy atom. The van der Waals surface area contributed by atoms with Crippen LogP contribution in [0.5, 0.6) is 5.75 Å². The van der Waals surface area contributed by atoms with Gasteiger partial charge in [0.2, 0.25) is 0 Å². The molecule has 1 aromatic carbocycles. The van der Waals surface area contributed by atoms with Crippen LogP contribution in [-0.4, -0.2) is 15.9 Å². The van der Waals surface area contributed by atoms with Crippen LogP contribution in [0.15, 0.2) is 12.1 Å². The molecule has 5 heteroatoms. The smallest absolute Gasteiger partial charge is 0.496 e. The van der Waals surface area contributed by atoms with Gasteiger partial charge in [0, 0.05) is 0 Å². The number of rotatable bonds is 7. The Kier molecular flexibility index (Phi) is 6.26. The molecule has 0 heterocycles. The summed E-state index contributed by atoms with van der Waals surface area (Å²) in [5, 5.41) is 0. The molecule has 0 unspecified atom stereocenters. The minimum Gasteiger partial charge on any atom is -0.496 e. The second-order valence-corrected chi connectivity index (χ2v) is 7.02. The van der Waals surface area contributed by atoms with E-state index in [9.17, 15) is 0 Å². The number of terminal acetylenes is 3. The van der Waals surface area contributed by atoms with Gasteiger partial charge in [-0.15, -0.1) is 0 Å². The number of benzene rings is 1. The van der Waals surface area contributed by atoms with E-state index in [1.807, 2.05) is 26.0 Å². The molecule has 0 aliphatic rings. The summed E-state index contributed by atoms with van der Waals surface area (Å²) in [7, 11) is -1.68. The van der Waals surface area contributed by atoms with Crippen LogP contribution < -0.4 is 4.74 Å². The average molecular weight is 314 g/mol. The van der Waals surface area contributed by atoms with Crippen LogP contribution in [0.3, 0.4) is 0 Å². The molecule has 0 radical (unpaired) electrons. The van der Waals surface area contributed by atoms with Gasteiger partial charge in [0.15, 0.2) is 0 Å². The highest BCUT2D eigenvalue weighted by Gasteiger charge is 2.48. The maximum Gasteiger partial charge on any atom is 0.725 e. The van der Waals surface area contributed by atoms with Crippen LogP contribution in [0, 0.1) is 51.4 Å². The Bertz CT molecular complexity index is 606. The third-order valence-electron chi connectivity index (χ3n) is 3.31. The van der Waals surface area contributed by atoms with Crippen molar-refractivity contribution in [1.29, 1.82) is 0 Å². The van der Waals surface area contributed by atoms with E-state index in [4.69, 9.17) is 37.3 Å². The minimum absolute atomic E-state index is 0.338. The zero-order valence-corrected chi connectivity index (χ0v) is 13.9. The molecule has 0 N–H and O–H groups in total. The molecule has 114 valence electrons. The lowest BCUT2D eigenvalue weighted by Gasteiger charge is -2.21. The molecule has 0 aliphatic heterocycles. The van der Waals surface area contributed by atoms with Crippen molar-refractivity contribution in [3.8, 4) is 43.3 Å². The van der Waals surface area contributed by atoms with Gasteiger partial charge in [-0.1, -0.05) is 31.4 Å². The first-order valence-electron chi connectivity index (χ1n) is 6.57. The van der Waals surface area contributed by atoms with Crippen molar-refractivity contribution in [2.24, 2.45) is 0 Å². The van der Waals surface area contributed by atoms with E-state index in [-0.39, 0.29) is 0 Å². The lowest BCUT2D eigenvalue weighted by Crippen LogP contribution is -2.42. The summed E-state index contributed by atoms with van der Waals surface area (Å²) in [6.07, 6.45) is 22.3. The Morgan fingerprint density at radius 1 is 1.00 bits per heavy atom. The van der Waals surface area contributed by atoms with Gasteiger partial charge in [-0.05, 0) is 37.0 Å². The maximum atomic E-state index is 5.47. The zero-order valence-electron chi connectivity index (χ0n) is 12.9. The van der Waals surface area contributed by atoms with Gasteiger partial charge in [-0.3, -0.25) is 0 Å². The molecule has 1 rings (SSSR count). The highest BCUT2D eigenvalue weighted by molar-refractivity contribution is 6.61. The lowest BCUT2D eigenvalue weighted by molar-refractivity contribution is 0.212. The third-order valence-corrected chi connectivity index (χ3v) is 5.46. The largest absolute Gasteiger partial charge is 0.725 e. The van der Waals surface area contributed by atoms with E-state index in [1.54, 1.807) is 7.11 Å². The van der Waals surface area contributed by atoms with Gasteiger partial charge in [0.1, 0.15) is 5.75 Å². The standard InChI is InChI=1S/C17H18O4Si/c1-7-19-22(20-8-2,21-9-3)13-12-16-11-10-14(4)15(5)17(16)18-6/h1-3,10-11H,12-13H2,4-6H3. The van der Waals surface area contributed by atoms with Gasteiger partial charge < -0.3 is 18.0 Å². The molecule has 0 aliphatic carbocycles. The zero-order chi connectivity index (χ0) is 16.6. The Labute approximate surface area is 133 Å². The number of ether oxygens (including phenoxy) is 1. The van der Waals surface area contributed by atoms with E-state index >= 15 is 0 Å². The van der Waals surface area contributed by atoms with Crippen molar-refractivity contribution in [3.63, 3.8) is 0 Å². The monoisotopic (exact) mass is 314 g/mol. The molecule has 0 aromatic heterocycles. The summed E-state index contributed by atoms with van der Waals surface area (Å²) in [6, 6.07) is 4.33. The van der Waals surface area contributed by atoms with Crippen molar-refractivity contribution in [2.75, 3.05) is 7.11 Å². The topological polar surface area (TPSA) is 36.9 Å². The summed E-state index contributed by atoms with van der Waals surface area (Å²) in [5.74, 6) is 0.810.